The SMILES string of the molecule is CSc1ccc(OC(C)C(=O)Nc2ccc(N(C)C)cc2)cc1. The van der Waals surface area contributed by atoms with Crippen LogP contribution < -0.4 is 15.0 Å². The molecule has 0 aliphatic heterocycles. The molecule has 0 aliphatic rings. The molecular weight excluding hydrogens is 308 g/mol. The Morgan fingerprint density at radius 1 is 1.09 bits per heavy atom. The van der Waals surface area contributed by atoms with Crippen LogP contribution in [0.1, 0.15) is 6.92 Å². The van der Waals surface area contributed by atoms with Crippen molar-refractivity contribution in [2.45, 2.75) is 17.9 Å². The van der Waals surface area contributed by atoms with Gasteiger partial charge in [-0.1, -0.05) is 0 Å². The van der Waals surface area contributed by atoms with Crippen molar-refractivity contribution >= 4 is 29.0 Å². The van der Waals surface area contributed by atoms with Crippen molar-refractivity contribution in [3.05, 3.63) is 48.5 Å². The number of nitrogens with one attached hydrogen (secondary N) is 1. The van der Waals surface area contributed by atoms with E-state index in [1.54, 1.807) is 18.7 Å². The number of carbonyl (C=O) groups excluding carboxylic acids is 1. The van der Waals surface area contributed by atoms with E-state index in [1.807, 2.05) is 73.8 Å². The van der Waals surface area contributed by atoms with Gasteiger partial charge in [0, 0.05) is 30.4 Å². The van der Waals surface area contributed by atoms with Gasteiger partial charge in [0.15, 0.2) is 6.10 Å². The molecule has 4 nitrogen and oxygen atoms in total. The summed E-state index contributed by atoms with van der Waals surface area (Å²) in [5.74, 6) is 0.518. The van der Waals surface area contributed by atoms with Crippen LogP contribution in [0.15, 0.2) is 53.4 Å². The van der Waals surface area contributed by atoms with Gasteiger partial charge in [0.2, 0.25) is 0 Å². The van der Waals surface area contributed by atoms with Gasteiger partial charge in [-0.2, -0.15) is 0 Å². The number of anilines is 2. The molecule has 23 heavy (non-hydrogen) atoms. The van der Waals surface area contributed by atoms with Crippen molar-refractivity contribution in [3.8, 4) is 5.75 Å². The number of rotatable bonds is 6. The lowest BCUT2D eigenvalue weighted by Crippen LogP contribution is -2.30. The fraction of sp³-hybridized carbons (Fsp3) is 0.278. The van der Waals surface area contributed by atoms with E-state index in [0.29, 0.717) is 5.75 Å². The first-order chi connectivity index (χ1) is 11.0. The Bertz CT molecular complexity index is 639. The molecule has 122 valence electrons. The van der Waals surface area contributed by atoms with Gasteiger partial charge in [0.05, 0.1) is 0 Å². The normalized spacial score (nSPS) is 11.7. The molecule has 2 aromatic carbocycles. The minimum atomic E-state index is -0.566. The molecule has 0 heterocycles. The maximum Gasteiger partial charge on any atom is 0.265 e. The average molecular weight is 330 g/mol. The molecule has 0 spiro atoms. The van der Waals surface area contributed by atoms with Crippen LogP contribution in [0.4, 0.5) is 11.4 Å². The first-order valence-electron chi connectivity index (χ1n) is 7.38. The summed E-state index contributed by atoms with van der Waals surface area (Å²) in [5.41, 5.74) is 1.84. The van der Waals surface area contributed by atoms with E-state index in [2.05, 4.69) is 5.32 Å². The Hall–Kier alpha value is -2.14. The molecule has 2 aromatic rings. The third-order valence-corrected chi connectivity index (χ3v) is 4.14. The Kier molecular flexibility index (Phi) is 5.93. The third kappa shape index (κ3) is 4.93. The second-order valence-electron chi connectivity index (χ2n) is 5.37. The Labute approximate surface area is 141 Å². The average Bonchev–Trinajstić information content (AvgIpc) is 2.56. The van der Waals surface area contributed by atoms with Crippen LogP contribution in [0, 0.1) is 0 Å². The highest BCUT2D eigenvalue weighted by molar-refractivity contribution is 7.98. The van der Waals surface area contributed by atoms with E-state index in [0.717, 1.165) is 16.3 Å². The van der Waals surface area contributed by atoms with Crippen LogP contribution in [0.2, 0.25) is 0 Å². The van der Waals surface area contributed by atoms with E-state index in [4.69, 9.17) is 4.74 Å². The van der Waals surface area contributed by atoms with E-state index in [1.165, 1.54) is 0 Å². The molecule has 0 saturated carbocycles. The number of thioether (sulfide) groups is 1. The molecule has 1 amide bonds. The van der Waals surface area contributed by atoms with Crippen LogP contribution in [0.5, 0.6) is 5.75 Å². The van der Waals surface area contributed by atoms with E-state index >= 15 is 0 Å². The van der Waals surface area contributed by atoms with Gasteiger partial charge in [-0.05, 0) is 61.7 Å². The molecule has 0 saturated heterocycles. The van der Waals surface area contributed by atoms with Crippen LogP contribution >= 0.6 is 11.8 Å². The fourth-order valence-electron chi connectivity index (χ4n) is 2.00. The second-order valence-corrected chi connectivity index (χ2v) is 6.25. The van der Waals surface area contributed by atoms with Crippen molar-refractivity contribution in [3.63, 3.8) is 0 Å². The van der Waals surface area contributed by atoms with Crippen molar-refractivity contribution in [1.29, 1.82) is 0 Å². The topological polar surface area (TPSA) is 41.6 Å². The lowest BCUT2D eigenvalue weighted by molar-refractivity contribution is -0.122. The van der Waals surface area contributed by atoms with Crippen molar-refractivity contribution in [2.75, 3.05) is 30.6 Å². The van der Waals surface area contributed by atoms with Gasteiger partial charge in [-0.25, -0.2) is 0 Å². The molecule has 0 fully saturated rings. The van der Waals surface area contributed by atoms with Gasteiger partial charge in [0.25, 0.3) is 5.91 Å². The molecule has 2 rings (SSSR count). The summed E-state index contributed by atoms with van der Waals surface area (Å²) in [6.07, 6.45) is 1.46. The van der Waals surface area contributed by atoms with Gasteiger partial charge < -0.3 is 15.0 Å². The van der Waals surface area contributed by atoms with E-state index in [-0.39, 0.29) is 5.91 Å². The van der Waals surface area contributed by atoms with Crippen LogP contribution in [0.3, 0.4) is 0 Å². The minimum Gasteiger partial charge on any atom is -0.481 e. The molecule has 0 radical (unpaired) electrons. The lowest BCUT2D eigenvalue weighted by atomic mass is 10.2. The van der Waals surface area contributed by atoms with Crippen LogP contribution in [0.25, 0.3) is 0 Å². The van der Waals surface area contributed by atoms with Crippen LogP contribution in [-0.2, 0) is 4.79 Å². The fourth-order valence-corrected chi connectivity index (χ4v) is 2.41. The summed E-state index contributed by atoms with van der Waals surface area (Å²) < 4.78 is 5.68. The smallest absolute Gasteiger partial charge is 0.265 e. The maximum atomic E-state index is 12.2. The number of nitrogens with zero attached hydrogens (tertiary/aromatic N) is 1. The van der Waals surface area contributed by atoms with Gasteiger partial charge in [-0.15, -0.1) is 11.8 Å². The maximum absolute atomic E-state index is 12.2. The molecular formula is C18H22N2O2S. The predicted octanol–water partition coefficient (Wildman–Crippen LogP) is 3.88. The van der Waals surface area contributed by atoms with Gasteiger partial charge >= 0.3 is 0 Å². The Balaban J connectivity index is 1.93. The third-order valence-electron chi connectivity index (χ3n) is 3.39. The zero-order chi connectivity index (χ0) is 16.8. The molecule has 1 atom stereocenters. The number of ether oxygens (including phenoxy) is 1. The first kappa shape index (κ1) is 17.2. The van der Waals surface area contributed by atoms with Gasteiger partial charge in [0.1, 0.15) is 5.75 Å². The van der Waals surface area contributed by atoms with E-state index < -0.39 is 6.10 Å². The summed E-state index contributed by atoms with van der Waals surface area (Å²) >= 11 is 1.67. The predicted molar refractivity (Wildman–Crippen MR) is 97.7 cm³/mol. The van der Waals surface area contributed by atoms with Crippen molar-refractivity contribution < 1.29 is 9.53 Å². The molecule has 1 unspecified atom stereocenters. The van der Waals surface area contributed by atoms with Gasteiger partial charge in [-0.3, -0.25) is 4.79 Å². The number of carbonyl (C=O) groups is 1. The number of amides is 1. The number of hydrogen-bond acceptors (Lipinski definition) is 4. The highest BCUT2D eigenvalue weighted by atomic mass is 32.2. The monoisotopic (exact) mass is 330 g/mol. The highest BCUT2D eigenvalue weighted by Crippen LogP contribution is 2.20. The number of benzene rings is 2. The largest absolute Gasteiger partial charge is 0.481 e. The van der Waals surface area contributed by atoms with E-state index in [9.17, 15) is 4.79 Å². The molecule has 1 N–H and O–H groups in total. The lowest BCUT2D eigenvalue weighted by Gasteiger charge is -2.16. The Morgan fingerprint density at radius 2 is 1.70 bits per heavy atom. The van der Waals surface area contributed by atoms with Crippen molar-refractivity contribution in [2.24, 2.45) is 0 Å². The Morgan fingerprint density at radius 3 is 2.22 bits per heavy atom. The zero-order valence-electron chi connectivity index (χ0n) is 13.9. The van der Waals surface area contributed by atoms with Crippen LogP contribution in [-0.4, -0.2) is 32.4 Å². The highest BCUT2D eigenvalue weighted by Gasteiger charge is 2.15. The summed E-state index contributed by atoms with van der Waals surface area (Å²) in [5, 5.41) is 2.86. The van der Waals surface area contributed by atoms with Crippen molar-refractivity contribution in [1.82, 2.24) is 0 Å². The minimum absolute atomic E-state index is 0.170. The molecule has 0 bridgehead atoms. The molecule has 0 aromatic heterocycles. The summed E-state index contributed by atoms with van der Waals surface area (Å²) in [7, 11) is 3.96. The zero-order valence-corrected chi connectivity index (χ0v) is 14.7. The summed E-state index contributed by atoms with van der Waals surface area (Å²) in [4.78, 5) is 15.4. The standard InChI is InChI=1S/C18H22N2O2S/c1-13(22-16-9-11-17(23-4)12-10-16)18(21)19-14-5-7-15(8-6-14)20(2)3/h5-13H,1-4H3,(H,19,21). The first-order valence-corrected chi connectivity index (χ1v) is 8.61. The summed E-state index contributed by atoms with van der Waals surface area (Å²) in [6, 6.07) is 15.4. The molecule has 5 heteroatoms. The second kappa shape index (κ2) is 7.92. The number of hydrogen-bond donors (Lipinski definition) is 1. The quantitative estimate of drug-likeness (QED) is 0.816. The summed E-state index contributed by atoms with van der Waals surface area (Å²) in [6.45, 7) is 1.74. The molecule has 0 aliphatic carbocycles.